The topological polar surface area (TPSA) is 104 Å². The van der Waals surface area contributed by atoms with Gasteiger partial charge in [0.15, 0.2) is 0 Å². The van der Waals surface area contributed by atoms with Gasteiger partial charge in [-0.05, 0) is 44.5 Å². The number of benzene rings is 1. The minimum atomic E-state index is -1.07. The smallest absolute Gasteiger partial charge is 0.333 e. The Hall–Kier alpha value is -3.62. The number of aromatic nitrogens is 3. The number of methoxy groups -OCH3 is 2. The van der Waals surface area contributed by atoms with Crippen LogP contribution in [0.5, 0.6) is 11.5 Å². The quantitative estimate of drug-likeness (QED) is 0.687. The van der Waals surface area contributed by atoms with Crippen LogP contribution in [0.3, 0.4) is 0 Å². The second-order valence-corrected chi connectivity index (χ2v) is 7.03. The standard InChI is InChI=1S/C21H24N4O5/c1-11-9-12(2)22-18-17(11)20(27)25(21(28)24(18)4)13(3)19(26)23-15-10-14(29-5)7-8-16(15)30-6/h7-10,13H,1-6H3,(H,23,26)/t13-/m0/s1. The highest BCUT2D eigenvalue weighted by Gasteiger charge is 2.24. The molecule has 0 unspecified atom stereocenters. The monoisotopic (exact) mass is 412 g/mol. The molecule has 0 bridgehead atoms. The molecule has 0 saturated heterocycles. The summed E-state index contributed by atoms with van der Waals surface area (Å²) in [5.41, 5.74) is 0.870. The third kappa shape index (κ3) is 3.54. The Morgan fingerprint density at radius 3 is 2.47 bits per heavy atom. The second kappa shape index (κ2) is 8.02. The summed E-state index contributed by atoms with van der Waals surface area (Å²) in [6, 6.07) is 5.64. The highest BCUT2D eigenvalue weighted by Crippen LogP contribution is 2.29. The molecule has 0 aliphatic carbocycles. The zero-order valence-corrected chi connectivity index (χ0v) is 17.8. The molecule has 3 rings (SSSR count). The average Bonchev–Trinajstić information content (AvgIpc) is 2.71. The van der Waals surface area contributed by atoms with Gasteiger partial charge in [0, 0.05) is 18.8 Å². The predicted octanol–water partition coefficient (Wildman–Crippen LogP) is 1.93. The van der Waals surface area contributed by atoms with Gasteiger partial charge in [0.1, 0.15) is 23.2 Å². The van der Waals surface area contributed by atoms with Gasteiger partial charge in [-0.15, -0.1) is 0 Å². The normalized spacial score (nSPS) is 11.9. The predicted molar refractivity (Wildman–Crippen MR) is 114 cm³/mol. The number of nitrogens with one attached hydrogen (secondary N) is 1. The molecule has 2 aromatic heterocycles. The third-order valence-electron chi connectivity index (χ3n) is 5.00. The van der Waals surface area contributed by atoms with Crippen LogP contribution >= 0.6 is 0 Å². The lowest BCUT2D eigenvalue weighted by atomic mass is 10.1. The lowest BCUT2D eigenvalue weighted by molar-refractivity contribution is -0.119. The van der Waals surface area contributed by atoms with Crippen molar-refractivity contribution >= 4 is 22.6 Å². The van der Waals surface area contributed by atoms with E-state index in [-0.39, 0.29) is 0 Å². The molecule has 158 valence electrons. The molecule has 9 heteroatoms. The summed E-state index contributed by atoms with van der Waals surface area (Å²) >= 11 is 0. The van der Waals surface area contributed by atoms with Crippen molar-refractivity contribution in [2.75, 3.05) is 19.5 Å². The fourth-order valence-electron chi connectivity index (χ4n) is 3.39. The maximum absolute atomic E-state index is 13.1. The van der Waals surface area contributed by atoms with Crippen LogP contribution in [0.2, 0.25) is 0 Å². The Morgan fingerprint density at radius 2 is 1.83 bits per heavy atom. The molecule has 9 nitrogen and oxygen atoms in total. The molecule has 0 aliphatic rings. The molecule has 0 radical (unpaired) electrons. The van der Waals surface area contributed by atoms with Gasteiger partial charge in [-0.2, -0.15) is 0 Å². The van der Waals surface area contributed by atoms with E-state index >= 15 is 0 Å². The van der Waals surface area contributed by atoms with Gasteiger partial charge in [0.05, 0.1) is 25.3 Å². The van der Waals surface area contributed by atoms with Crippen molar-refractivity contribution in [1.29, 1.82) is 0 Å². The first-order valence-corrected chi connectivity index (χ1v) is 9.32. The van der Waals surface area contributed by atoms with Crippen molar-refractivity contribution in [1.82, 2.24) is 14.1 Å². The molecule has 1 aromatic carbocycles. The van der Waals surface area contributed by atoms with Gasteiger partial charge in [-0.25, -0.2) is 14.3 Å². The van der Waals surface area contributed by atoms with Gasteiger partial charge >= 0.3 is 5.69 Å². The van der Waals surface area contributed by atoms with Crippen LogP contribution in [-0.2, 0) is 11.8 Å². The van der Waals surface area contributed by atoms with Crippen LogP contribution in [-0.4, -0.2) is 34.2 Å². The highest BCUT2D eigenvalue weighted by molar-refractivity contribution is 5.95. The summed E-state index contributed by atoms with van der Waals surface area (Å²) in [7, 11) is 4.51. The zero-order valence-electron chi connectivity index (χ0n) is 17.8. The first-order valence-electron chi connectivity index (χ1n) is 9.32. The molecular weight excluding hydrogens is 388 g/mol. The molecule has 0 saturated carbocycles. The van der Waals surface area contributed by atoms with E-state index in [1.165, 1.54) is 32.8 Å². The first-order chi connectivity index (χ1) is 14.2. The molecule has 1 N–H and O–H groups in total. The van der Waals surface area contributed by atoms with Gasteiger partial charge in [0.2, 0.25) is 5.91 Å². The number of carbonyl (C=O) groups excluding carboxylic acids is 1. The fraction of sp³-hybridized carbons (Fsp3) is 0.333. The van der Waals surface area contributed by atoms with Crippen molar-refractivity contribution in [2.45, 2.75) is 26.8 Å². The van der Waals surface area contributed by atoms with E-state index in [1.807, 2.05) is 0 Å². The van der Waals surface area contributed by atoms with E-state index < -0.39 is 23.2 Å². The van der Waals surface area contributed by atoms with Gasteiger partial charge in [0.25, 0.3) is 5.56 Å². The Bertz CT molecular complexity index is 1260. The van der Waals surface area contributed by atoms with Gasteiger partial charge in [-0.1, -0.05) is 0 Å². The molecule has 0 fully saturated rings. The minimum absolute atomic E-state index is 0.292. The zero-order chi connectivity index (χ0) is 22.2. The number of amides is 1. The lowest BCUT2D eigenvalue weighted by Crippen LogP contribution is -2.44. The van der Waals surface area contributed by atoms with E-state index in [0.717, 1.165) is 4.57 Å². The lowest BCUT2D eigenvalue weighted by Gasteiger charge is -2.18. The van der Waals surface area contributed by atoms with Crippen LogP contribution < -0.4 is 26.0 Å². The maximum Gasteiger partial charge on any atom is 0.333 e. The molecule has 2 heterocycles. The number of hydrogen-bond acceptors (Lipinski definition) is 6. The van der Waals surface area contributed by atoms with E-state index in [4.69, 9.17) is 9.47 Å². The number of nitrogens with zero attached hydrogens (tertiary/aromatic N) is 3. The first kappa shape index (κ1) is 21.1. The summed E-state index contributed by atoms with van der Waals surface area (Å²) in [5, 5.41) is 3.02. The van der Waals surface area contributed by atoms with Crippen molar-refractivity contribution < 1.29 is 14.3 Å². The number of rotatable bonds is 5. The summed E-state index contributed by atoms with van der Waals surface area (Å²) in [5.74, 6) is 0.401. The highest BCUT2D eigenvalue weighted by atomic mass is 16.5. The van der Waals surface area contributed by atoms with E-state index in [1.54, 1.807) is 38.1 Å². The van der Waals surface area contributed by atoms with Gasteiger partial charge < -0.3 is 14.8 Å². The van der Waals surface area contributed by atoms with E-state index in [2.05, 4.69) is 10.3 Å². The van der Waals surface area contributed by atoms with Crippen molar-refractivity contribution in [2.24, 2.45) is 7.05 Å². The number of anilines is 1. The fourth-order valence-corrected chi connectivity index (χ4v) is 3.39. The molecule has 3 aromatic rings. The van der Waals surface area contributed by atoms with Crippen LogP contribution in [0.4, 0.5) is 5.69 Å². The Balaban J connectivity index is 2.10. The van der Waals surface area contributed by atoms with Gasteiger partial charge in [-0.3, -0.25) is 14.2 Å². The molecule has 1 amide bonds. The summed E-state index contributed by atoms with van der Waals surface area (Å²) in [6.07, 6.45) is 0. The van der Waals surface area contributed by atoms with Crippen LogP contribution in [0.15, 0.2) is 33.9 Å². The minimum Gasteiger partial charge on any atom is -0.497 e. The Morgan fingerprint density at radius 1 is 1.13 bits per heavy atom. The van der Waals surface area contributed by atoms with E-state index in [0.29, 0.717) is 39.5 Å². The number of fused-ring (bicyclic) bond motifs is 1. The summed E-state index contributed by atoms with van der Waals surface area (Å²) in [4.78, 5) is 43.3. The second-order valence-electron chi connectivity index (χ2n) is 7.03. The Labute approximate surface area is 172 Å². The number of carbonyl (C=O) groups is 1. The molecule has 0 aliphatic heterocycles. The van der Waals surface area contributed by atoms with Crippen molar-refractivity contribution in [3.05, 3.63) is 56.4 Å². The molecular formula is C21H24N4O5. The SMILES string of the molecule is COc1ccc(OC)c(NC(=O)[C@H](C)n2c(=O)c3c(C)cc(C)nc3n(C)c2=O)c1. The largest absolute Gasteiger partial charge is 0.497 e. The number of ether oxygens (including phenoxy) is 2. The van der Waals surface area contributed by atoms with Crippen molar-refractivity contribution in [3.8, 4) is 11.5 Å². The average molecular weight is 412 g/mol. The third-order valence-corrected chi connectivity index (χ3v) is 5.00. The van der Waals surface area contributed by atoms with Crippen molar-refractivity contribution in [3.63, 3.8) is 0 Å². The maximum atomic E-state index is 13.1. The van der Waals surface area contributed by atoms with E-state index in [9.17, 15) is 14.4 Å². The summed E-state index contributed by atoms with van der Waals surface area (Å²) in [6.45, 7) is 5.06. The molecule has 30 heavy (non-hydrogen) atoms. The van der Waals surface area contributed by atoms with Crippen LogP contribution in [0.25, 0.3) is 11.0 Å². The number of pyridine rings is 1. The Kier molecular flexibility index (Phi) is 5.64. The van der Waals surface area contributed by atoms with Crippen LogP contribution in [0, 0.1) is 13.8 Å². The number of aryl methyl sites for hydroxylation is 3. The summed E-state index contributed by atoms with van der Waals surface area (Å²) < 4.78 is 12.7. The molecule has 1 atom stereocenters. The molecule has 0 spiro atoms. The van der Waals surface area contributed by atoms with Crippen LogP contribution in [0.1, 0.15) is 24.2 Å². The number of hydrogen-bond donors (Lipinski definition) is 1.